The predicted molar refractivity (Wildman–Crippen MR) is 40.4 cm³/mol. The summed E-state index contributed by atoms with van der Waals surface area (Å²) in [6, 6.07) is 0. The minimum absolute atomic E-state index is 0.278. The Hall–Kier alpha value is -1.53. The molecule has 0 saturated heterocycles. The molecule has 0 radical (unpaired) electrons. The first-order chi connectivity index (χ1) is 6.91. The highest BCUT2D eigenvalue weighted by atomic mass is 19.4. The Labute approximate surface area is 81.7 Å². The largest absolute Gasteiger partial charge is 0.475 e. The summed E-state index contributed by atoms with van der Waals surface area (Å²) in [4.78, 5) is 10.5. The van der Waals surface area contributed by atoms with Crippen LogP contribution in [0.2, 0.25) is 0 Å². The van der Waals surface area contributed by atoms with E-state index in [1.54, 1.807) is 0 Å². The van der Waals surface area contributed by atoms with Gasteiger partial charge in [-0.1, -0.05) is 5.16 Å². The van der Waals surface area contributed by atoms with Crippen LogP contribution in [0, 0.1) is 0 Å². The molecule has 0 atom stereocenters. The van der Waals surface area contributed by atoms with Crippen molar-refractivity contribution in [2.45, 2.75) is 24.9 Å². The van der Waals surface area contributed by atoms with Crippen molar-refractivity contribution in [3.8, 4) is 0 Å². The molecule has 0 unspecified atom stereocenters. The smallest absolute Gasteiger partial charge is 0.422 e. The van der Waals surface area contributed by atoms with Crippen LogP contribution in [0.15, 0.2) is 4.52 Å². The predicted octanol–water partition coefficient (Wildman–Crippen LogP) is 2.27. The lowest BCUT2D eigenvalue weighted by Gasteiger charge is -2.05. The van der Waals surface area contributed by atoms with Gasteiger partial charge in [0.15, 0.2) is 0 Å². The molecular formula is C8H6F3NO3. The average Bonchev–Trinajstić information content (AvgIpc) is 2.81. The number of hydrogen-bond donors (Lipinski definition) is 1. The maximum atomic E-state index is 12.5. The van der Waals surface area contributed by atoms with Gasteiger partial charge >= 0.3 is 12.1 Å². The van der Waals surface area contributed by atoms with E-state index in [-0.39, 0.29) is 11.6 Å². The van der Waals surface area contributed by atoms with Crippen molar-refractivity contribution >= 4 is 5.97 Å². The molecule has 4 nitrogen and oxygen atoms in total. The quantitative estimate of drug-likeness (QED) is 0.831. The van der Waals surface area contributed by atoms with Crippen LogP contribution in [-0.4, -0.2) is 16.2 Å². The summed E-state index contributed by atoms with van der Waals surface area (Å²) in [6.45, 7) is 0. The molecule has 1 heterocycles. The standard InChI is InChI=1S/C8H6F3NO3/c9-8(10,11)4-5(3-1-2-3)12-15-6(4)7(13)14/h3H,1-2H2,(H,13,14). The fraction of sp³-hybridized carbons (Fsp3) is 0.500. The van der Waals surface area contributed by atoms with E-state index in [0.29, 0.717) is 12.8 Å². The highest BCUT2D eigenvalue weighted by molar-refractivity contribution is 5.86. The van der Waals surface area contributed by atoms with Gasteiger partial charge in [0.2, 0.25) is 0 Å². The van der Waals surface area contributed by atoms with Crippen LogP contribution < -0.4 is 0 Å². The molecular weight excluding hydrogens is 215 g/mol. The third kappa shape index (κ3) is 1.69. The second kappa shape index (κ2) is 2.98. The number of carboxylic acids is 1. The first-order valence-electron chi connectivity index (χ1n) is 4.21. The van der Waals surface area contributed by atoms with Gasteiger partial charge in [-0.25, -0.2) is 4.79 Å². The Bertz CT molecular complexity index is 406. The molecule has 2 rings (SSSR count). The van der Waals surface area contributed by atoms with Gasteiger partial charge in [0, 0.05) is 5.92 Å². The summed E-state index contributed by atoms with van der Waals surface area (Å²) >= 11 is 0. The van der Waals surface area contributed by atoms with E-state index in [0.717, 1.165) is 0 Å². The first-order valence-corrected chi connectivity index (χ1v) is 4.21. The molecule has 1 saturated carbocycles. The van der Waals surface area contributed by atoms with E-state index >= 15 is 0 Å². The highest BCUT2D eigenvalue weighted by Gasteiger charge is 2.46. The van der Waals surface area contributed by atoms with Crippen molar-refractivity contribution in [3.63, 3.8) is 0 Å². The fourth-order valence-corrected chi connectivity index (χ4v) is 1.36. The van der Waals surface area contributed by atoms with E-state index in [4.69, 9.17) is 5.11 Å². The molecule has 82 valence electrons. The number of halogens is 3. The zero-order valence-electron chi connectivity index (χ0n) is 7.34. The van der Waals surface area contributed by atoms with Gasteiger partial charge in [0.25, 0.3) is 5.76 Å². The molecule has 0 spiro atoms. The van der Waals surface area contributed by atoms with E-state index in [9.17, 15) is 18.0 Å². The Morgan fingerprint density at radius 1 is 1.47 bits per heavy atom. The molecule has 7 heteroatoms. The Morgan fingerprint density at radius 3 is 2.47 bits per heavy atom. The molecule has 0 amide bonds. The van der Waals surface area contributed by atoms with E-state index in [1.165, 1.54) is 0 Å². The lowest BCUT2D eigenvalue weighted by molar-refractivity contribution is -0.139. The average molecular weight is 221 g/mol. The fourth-order valence-electron chi connectivity index (χ4n) is 1.36. The summed E-state index contributed by atoms with van der Waals surface area (Å²) in [6.07, 6.45) is -3.55. The minimum atomic E-state index is -4.73. The number of rotatable bonds is 2. The number of aromatic nitrogens is 1. The number of aromatic carboxylic acids is 1. The van der Waals surface area contributed by atoms with Crippen molar-refractivity contribution in [1.82, 2.24) is 5.16 Å². The molecule has 1 N–H and O–H groups in total. The van der Waals surface area contributed by atoms with Crippen molar-refractivity contribution < 1.29 is 27.6 Å². The van der Waals surface area contributed by atoms with Crippen molar-refractivity contribution in [1.29, 1.82) is 0 Å². The summed E-state index contributed by atoms with van der Waals surface area (Å²) in [5.74, 6) is -3.18. The Morgan fingerprint density at radius 2 is 2.07 bits per heavy atom. The van der Waals surface area contributed by atoms with Crippen LogP contribution in [0.1, 0.15) is 40.6 Å². The normalized spacial score (nSPS) is 16.7. The molecule has 1 fully saturated rings. The van der Waals surface area contributed by atoms with Gasteiger partial charge in [-0.15, -0.1) is 0 Å². The summed E-state index contributed by atoms with van der Waals surface area (Å²) in [5.41, 5.74) is -1.52. The molecule has 0 bridgehead atoms. The Kier molecular flexibility index (Phi) is 1.99. The lowest BCUT2D eigenvalue weighted by atomic mass is 10.1. The minimum Gasteiger partial charge on any atom is -0.475 e. The van der Waals surface area contributed by atoms with Gasteiger partial charge in [-0.05, 0) is 12.8 Å². The number of alkyl halides is 3. The number of carbonyl (C=O) groups is 1. The summed E-state index contributed by atoms with van der Waals surface area (Å²) in [7, 11) is 0. The van der Waals surface area contributed by atoms with Gasteiger partial charge in [-0.2, -0.15) is 13.2 Å². The number of nitrogens with zero attached hydrogens (tertiary/aromatic N) is 1. The zero-order valence-corrected chi connectivity index (χ0v) is 7.34. The van der Waals surface area contributed by atoms with E-state index < -0.39 is 23.5 Å². The summed E-state index contributed by atoms with van der Waals surface area (Å²) in [5, 5.41) is 11.7. The number of hydrogen-bond acceptors (Lipinski definition) is 3. The van der Waals surface area contributed by atoms with E-state index in [1.807, 2.05) is 0 Å². The van der Waals surface area contributed by atoms with E-state index in [2.05, 4.69) is 9.68 Å². The first kappa shape index (κ1) is 10.0. The molecule has 1 aliphatic rings. The van der Waals surface area contributed by atoms with Gasteiger partial charge in [0.05, 0.1) is 5.69 Å². The zero-order chi connectivity index (χ0) is 11.2. The monoisotopic (exact) mass is 221 g/mol. The van der Waals surface area contributed by atoms with Crippen LogP contribution in [-0.2, 0) is 6.18 Å². The highest BCUT2D eigenvalue weighted by Crippen LogP contribution is 2.46. The van der Waals surface area contributed by atoms with Gasteiger partial charge in [-0.3, -0.25) is 0 Å². The third-order valence-corrected chi connectivity index (χ3v) is 2.16. The maximum absolute atomic E-state index is 12.5. The summed E-state index contributed by atoms with van der Waals surface area (Å²) < 4.78 is 41.8. The van der Waals surface area contributed by atoms with Crippen LogP contribution in [0.3, 0.4) is 0 Å². The molecule has 1 aliphatic carbocycles. The maximum Gasteiger partial charge on any atom is 0.422 e. The molecule has 1 aromatic heterocycles. The Balaban J connectivity index is 2.53. The molecule has 0 aromatic carbocycles. The van der Waals surface area contributed by atoms with Crippen molar-refractivity contribution in [3.05, 3.63) is 17.0 Å². The SMILES string of the molecule is O=C(O)c1onc(C2CC2)c1C(F)(F)F. The van der Waals surface area contributed by atoms with Crippen molar-refractivity contribution in [2.24, 2.45) is 0 Å². The van der Waals surface area contributed by atoms with Crippen molar-refractivity contribution in [2.75, 3.05) is 0 Å². The molecule has 15 heavy (non-hydrogen) atoms. The van der Waals surface area contributed by atoms with Gasteiger partial charge in [0.1, 0.15) is 5.56 Å². The second-order valence-electron chi connectivity index (χ2n) is 3.35. The number of carboxylic acid groups (broad SMARTS) is 1. The lowest BCUT2D eigenvalue weighted by Crippen LogP contribution is -2.12. The third-order valence-electron chi connectivity index (χ3n) is 2.16. The molecule has 0 aliphatic heterocycles. The van der Waals surface area contributed by atoms with Gasteiger partial charge < -0.3 is 9.63 Å². The molecule has 1 aromatic rings. The second-order valence-corrected chi connectivity index (χ2v) is 3.35. The topological polar surface area (TPSA) is 63.3 Å². The van der Waals surface area contributed by atoms with Crippen LogP contribution in [0.5, 0.6) is 0 Å². The van der Waals surface area contributed by atoms with Crippen LogP contribution in [0.4, 0.5) is 13.2 Å². The van der Waals surface area contributed by atoms with Crippen LogP contribution in [0.25, 0.3) is 0 Å². The van der Waals surface area contributed by atoms with Crippen LogP contribution >= 0.6 is 0 Å².